The Morgan fingerprint density at radius 3 is 2.77 bits per heavy atom. The van der Waals surface area contributed by atoms with Crippen molar-refractivity contribution in [3.8, 4) is 16.9 Å². The van der Waals surface area contributed by atoms with Crippen LogP contribution in [0.3, 0.4) is 0 Å². The second-order valence-electron chi connectivity index (χ2n) is 7.17. The van der Waals surface area contributed by atoms with E-state index >= 15 is 0 Å². The van der Waals surface area contributed by atoms with Gasteiger partial charge in [-0.05, 0) is 35.1 Å². The zero-order chi connectivity index (χ0) is 21.1. The summed E-state index contributed by atoms with van der Waals surface area (Å²) in [6.45, 7) is 4.21. The normalized spacial score (nSPS) is 13.2. The van der Waals surface area contributed by atoms with Gasteiger partial charge in [0.25, 0.3) is 5.69 Å². The number of nitro groups is 1. The third-order valence-electron chi connectivity index (χ3n) is 5.10. The number of hydrogen-bond acceptors (Lipinski definition) is 5. The summed E-state index contributed by atoms with van der Waals surface area (Å²) in [4.78, 5) is 15.3. The Bertz CT molecular complexity index is 1140. The molecule has 0 unspecified atom stereocenters. The Balaban J connectivity index is 1.83. The smallest absolute Gasteiger partial charge is 0.270 e. The molecule has 4 rings (SSSR count). The summed E-state index contributed by atoms with van der Waals surface area (Å²) in [5.74, 6) is 1.43. The van der Waals surface area contributed by atoms with Crippen LogP contribution >= 0.6 is 11.6 Å². The Morgan fingerprint density at radius 1 is 1.20 bits per heavy atom. The van der Waals surface area contributed by atoms with Crippen LogP contribution in [0.5, 0.6) is 5.75 Å². The maximum absolute atomic E-state index is 11.1. The first-order chi connectivity index (χ1) is 14.6. The molecule has 0 amide bonds. The van der Waals surface area contributed by atoms with Gasteiger partial charge in [0.15, 0.2) is 0 Å². The highest BCUT2D eigenvalue weighted by Gasteiger charge is 2.20. The molecule has 0 radical (unpaired) electrons. The molecular formula is C23H22ClN3O3. The van der Waals surface area contributed by atoms with E-state index in [1.165, 1.54) is 6.07 Å². The van der Waals surface area contributed by atoms with Gasteiger partial charge in [-0.1, -0.05) is 49.2 Å². The van der Waals surface area contributed by atoms with Gasteiger partial charge in [0.1, 0.15) is 11.6 Å². The fourth-order valence-electron chi connectivity index (χ4n) is 3.54. The summed E-state index contributed by atoms with van der Waals surface area (Å²) >= 11 is 6.77. The van der Waals surface area contributed by atoms with Crippen molar-refractivity contribution >= 4 is 33.9 Å². The minimum Gasteiger partial charge on any atom is -0.491 e. The zero-order valence-corrected chi connectivity index (χ0v) is 17.4. The number of aliphatic imine (C=N–C) groups is 1. The molecular weight excluding hydrogens is 402 g/mol. The van der Waals surface area contributed by atoms with Crippen LogP contribution in [0.2, 0.25) is 5.02 Å². The van der Waals surface area contributed by atoms with E-state index in [0.29, 0.717) is 23.9 Å². The number of rotatable bonds is 7. The van der Waals surface area contributed by atoms with Crippen LogP contribution < -0.4 is 10.1 Å². The maximum atomic E-state index is 11.1. The van der Waals surface area contributed by atoms with E-state index in [4.69, 9.17) is 16.3 Å². The standard InChI is InChI=1S/C23H22ClN3O3/c1-2-3-11-30-22-20(23-25-9-10-26-23)14-17-12-16(7-8-19(17)21(22)24)15-5-4-6-18(13-15)27(28)29/h4-8,12-14H,2-3,9-11H2,1H3,(H,25,26). The van der Waals surface area contributed by atoms with Crippen molar-refractivity contribution in [2.45, 2.75) is 19.8 Å². The average molecular weight is 424 g/mol. The predicted octanol–water partition coefficient (Wildman–Crippen LogP) is 5.60. The van der Waals surface area contributed by atoms with Crippen LogP contribution in [0.4, 0.5) is 5.69 Å². The number of hydrogen-bond donors (Lipinski definition) is 1. The monoisotopic (exact) mass is 423 g/mol. The summed E-state index contributed by atoms with van der Waals surface area (Å²) in [5, 5.41) is 16.8. The lowest BCUT2D eigenvalue weighted by molar-refractivity contribution is -0.384. The van der Waals surface area contributed by atoms with Gasteiger partial charge in [-0.15, -0.1) is 0 Å². The van der Waals surface area contributed by atoms with E-state index in [9.17, 15) is 10.1 Å². The molecule has 0 saturated heterocycles. The number of benzene rings is 3. The molecule has 0 bridgehead atoms. The van der Waals surface area contributed by atoms with Crippen LogP contribution in [-0.4, -0.2) is 30.5 Å². The van der Waals surface area contributed by atoms with Crippen molar-refractivity contribution in [3.63, 3.8) is 0 Å². The van der Waals surface area contributed by atoms with Gasteiger partial charge in [-0.2, -0.15) is 0 Å². The van der Waals surface area contributed by atoms with Crippen molar-refractivity contribution in [1.29, 1.82) is 0 Å². The highest BCUT2D eigenvalue weighted by Crippen LogP contribution is 2.39. The molecule has 1 aliphatic rings. The lowest BCUT2D eigenvalue weighted by Crippen LogP contribution is -2.20. The first-order valence-corrected chi connectivity index (χ1v) is 10.4. The number of nitrogens with zero attached hydrogens (tertiary/aromatic N) is 2. The average Bonchev–Trinajstić information content (AvgIpc) is 3.29. The lowest BCUT2D eigenvalue weighted by Gasteiger charge is -2.16. The van der Waals surface area contributed by atoms with Gasteiger partial charge in [0.05, 0.1) is 28.7 Å². The summed E-state index contributed by atoms with van der Waals surface area (Å²) in [6.07, 6.45) is 1.98. The molecule has 0 saturated carbocycles. The molecule has 0 atom stereocenters. The number of nitro benzene ring substituents is 1. The highest BCUT2D eigenvalue weighted by atomic mass is 35.5. The molecule has 0 spiro atoms. The van der Waals surface area contributed by atoms with E-state index in [1.807, 2.05) is 30.3 Å². The molecule has 3 aromatic carbocycles. The fraction of sp³-hybridized carbons (Fsp3) is 0.261. The number of fused-ring (bicyclic) bond motifs is 1. The SMILES string of the molecule is CCCCOc1c(C2=NCCN2)cc2cc(-c3cccc([N+](=O)[O-])c3)ccc2c1Cl. The number of amidine groups is 1. The van der Waals surface area contributed by atoms with Crippen LogP contribution in [0.1, 0.15) is 25.3 Å². The molecule has 7 heteroatoms. The van der Waals surface area contributed by atoms with E-state index < -0.39 is 0 Å². The van der Waals surface area contributed by atoms with Crippen molar-refractivity contribution in [1.82, 2.24) is 5.32 Å². The van der Waals surface area contributed by atoms with Crippen molar-refractivity contribution < 1.29 is 9.66 Å². The van der Waals surface area contributed by atoms with E-state index in [1.54, 1.807) is 12.1 Å². The number of non-ortho nitro benzene ring substituents is 1. The van der Waals surface area contributed by atoms with Crippen LogP contribution in [-0.2, 0) is 0 Å². The predicted molar refractivity (Wildman–Crippen MR) is 121 cm³/mol. The number of ether oxygens (including phenoxy) is 1. The largest absolute Gasteiger partial charge is 0.491 e. The Morgan fingerprint density at radius 2 is 2.03 bits per heavy atom. The Hall–Kier alpha value is -3.12. The third-order valence-corrected chi connectivity index (χ3v) is 5.47. The molecule has 0 fully saturated rings. The maximum Gasteiger partial charge on any atom is 0.270 e. The molecule has 154 valence electrons. The van der Waals surface area contributed by atoms with Crippen molar-refractivity contribution in [3.05, 3.63) is 69.2 Å². The summed E-state index contributed by atoms with van der Waals surface area (Å²) < 4.78 is 6.06. The second-order valence-corrected chi connectivity index (χ2v) is 7.55. The van der Waals surface area contributed by atoms with Crippen molar-refractivity contribution in [2.75, 3.05) is 19.7 Å². The fourth-order valence-corrected chi connectivity index (χ4v) is 3.86. The van der Waals surface area contributed by atoms with Gasteiger partial charge in [-0.3, -0.25) is 15.1 Å². The second kappa shape index (κ2) is 8.71. The topological polar surface area (TPSA) is 76.8 Å². The molecule has 30 heavy (non-hydrogen) atoms. The summed E-state index contributed by atoms with van der Waals surface area (Å²) in [7, 11) is 0. The van der Waals surface area contributed by atoms with E-state index in [0.717, 1.165) is 52.7 Å². The molecule has 0 aromatic heterocycles. The summed E-state index contributed by atoms with van der Waals surface area (Å²) in [5.41, 5.74) is 2.57. The van der Waals surface area contributed by atoms with E-state index in [-0.39, 0.29) is 10.6 Å². The first-order valence-electron chi connectivity index (χ1n) is 10.0. The molecule has 1 aliphatic heterocycles. The van der Waals surface area contributed by atoms with Crippen LogP contribution in [0.25, 0.3) is 21.9 Å². The summed E-state index contributed by atoms with van der Waals surface area (Å²) in [6, 6.07) is 14.5. The quantitative estimate of drug-likeness (QED) is 0.305. The third kappa shape index (κ3) is 3.96. The van der Waals surface area contributed by atoms with Gasteiger partial charge in [0.2, 0.25) is 0 Å². The van der Waals surface area contributed by atoms with Crippen LogP contribution in [0.15, 0.2) is 53.5 Å². The minimum atomic E-state index is -0.386. The van der Waals surface area contributed by atoms with E-state index in [2.05, 4.69) is 17.2 Å². The Kier molecular flexibility index (Phi) is 5.86. The van der Waals surface area contributed by atoms with Crippen molar-refractivity contribution in [2.24, 2.45) is 4.99 Å². The number of halogens is 1. The molecule has 1 N–H and O–H groups in total. The van der Waals surface area contributed by atoms with Gasteiger partial charge >= 0.3 is 0 Å². The minimum absolute atomic E-state index is 0.0653. The van der Waals surface area contributed by atoms with Gasteiger partial charge < -0.3 is 10.1 Å². The molecule has 0 aliphatic carbocycles. The number of unbranched alkanes of at least 4 members (excludes halogenated alkanes) is 1. The van der Waals surface area contributed by atoms with Gasteiger partial charge in [0, 0.05) is 24.1 Å². The highest BCUT2D eigenvalue weighted by molar-refractivity contribution is 6.38. The zero-order valence-electron chi connectivity index (χ0n) is 16.7. The Labute approximate surface area is 179 Å². The van der Waals surface area contributed by atoms with Gasteiger partial charge in [-0.25, -0.2) is 0 Å². The first kappa shape index (κ1) is 20.2. The van der Waals surface area contributed by atoms with Crippen LogP contribution in [0, 0.1) is 10.1 Å². The lowest BCUT2D eigenvalue weighted by atomic mass is 9.98. The molecule has 1 heterocycles. The molecule has 3 aromatic rings. The number of nitrogens with one attached hydrogen (secondary N) is 1. The molecule has 6 nitrogen and oxygen atoms in total.